The normalized spacial score (nSPS) is 16.7. The third-order valence-electron chi connectivity index (χ3n) is 3.63. The first kappa shape index (κ1) is 15.9. The molecule has 112 valence electrons. The molecule has 3 rings (SSSR count). The van der Waals surface area contributed by atoms with Crippen molar-refractivity contribution in [2.45, 2.75) is 31.8 Å². The largest absolute Gasteiger partial charge is 0.344 e. The van der Waals surface area contributed by atoms with E-state index in [9.17, 15) is 4.79 Å². The summed E-state index contributed by atoms with van der Waals surface area (Å²) in [6, 6.07) is 8.42. The van der Waals surface area contributed by atoms with Crippen molar-refractivity contribution in [3.63, 3.8) is 0 Å². The number of hydrogen-bond donors (Lipinski definition) is 2. The Morgan fingerprint density at radius 3 is 3.00 bits per heavy atom. The molecule has 1 aliphatic rings. The predicted octanol–water partition coefficient (Wildman–Crippen LogP) is 2.83. The minimum Gasteiger partial charge on any atom is -0.344 e. The highest BCUT2D eigenvalue weighted by Gasteiger charge is 2.22. The molecule has 0 spiro atoms. The van der Waals surface area contributed by atoms with Gasteiger partial charge < -0.3 is 11.1 Å². The summed E-state index contributed by atoms with van der Waals surface area (Å²) < 4.78 is 0. The van der Waals surface area contributed by atoms with Crippen LogP contribution in [-0.4, -0.2) is 10.9 Å². The third kappa shape index (κ3) is 3.43. The minimum absolute atomic E-state index is 0. The van der Waals surface area contributed by atoms with Crippen molar-refractivity contribution in [1.29, 1.82) is 0 Å². The number of rotatable bonds is 3. The Kier molecular flexibility index (Phi) is 5.33. The van der Waals surface area contributed by atoms with Crippen LogP contribution in [0.5, 0.6) is 0 Å². The molecule has 1 aromatic carbocycles. The molecule has 0 fully saturated rings. The zero-order chi connectivity index (χ0) is 13.9. The summed E-state index contributed by atoms with van der Waals surface area (Å²) in [7, 11) is 0. The summed E-state index contributed by atoms with van der Waals surface area (Å²) in [4.78, 5) is 16.5. The molecule has 1 amide bonds. The van der Waals surface area contributed by atoms with Gasteiger partial charge in [-0.05, 0) is 30.4 Å². The Morgan fingerprint density at radius 2 is 2.24 bits per heavy atom. The Hall–Kier alpha value is -1.43. The van der Waals surface area contributed by atoms with Crippen LogP contribution in [0.3, 0.4) is 0 Å². The molecule has 4 nitrogen and oxygen atoms in total. The van der Waals surface area contributed by atoms with Gasteiger partial charge in [-0.3, -0.25) is 4.79 Å². The van der Waals surface area contributed by atoms with Crippen molar-refractivity contribution in [2.24, 2.45) is 5.73 Å². The first-order chi connectivity index (χ1) is 9.78. The molecule has 1 unspecified atom stereocenters. The van der Waals surface area contributed by atoms with Crippen LogP contribution in [0.2, 0.25) is 0 Å². The van der Waals surface area contributed by atoms with Crippen molar-refractivity contribution in [2.75, 3.05) is 0 Å². The second kappa shape index (κ2) is 7.02. The van der Waals surface area contributed by atoms with Crippen LogP contribution in [0, 0.1) is 0 Å². The fourth-order valence-corrected chi connectivity index (χ4v) is 3.30. The average molecular weight is 324 g/mol. The molecule has 0 saturated heterocycles. The topological polar surface area (TPSA) is 68.0 Å². The molecule has 0 saturated carbocycles. The maximum absolute atomic E-state index is 12.2. The van der Waals surface area contributed by atoms with Gasteiger partial charge in [0.1, 0.15) is 10.7 Å². The van der Waals surface area contributed by atoms with E-state index in [1.807, 2.05) is 6.07 Å². The number of carbonyl (C=O) groups excluding carboxylic acids is 1. The molecule has 1 aliphatic carbocycles. The maximum Gasteiger partial charge on any atom is 0.271 e. The van der Waals surface area contributed by atoms with Gasteiger partial charge in [0.2, 0.25) is 0 Å². The quantitative estimate of drug-likeness (QED) is 0.912. The summed E-state index contributed by atoms with van der Waals surface area (Å²) in [5.74, 6) is -0.109. The number of thiazole rings is 1. The molecule has 0 aliphatic heterocycles. The van der Waals surface area contributed by atoms with E-state index in [0.29, 0.717) is 12.2 Å². The zero-order valence-corrected chi connectivity index (χ0v) is 13.2. The van der Waals surface area contributed by atoms with Crippen molar-refractivity contribution >= 4 is 29.7 Å². The number of amides is 1. The fraction of sp³-hybridized carbons (Fsp3) is 0.333. The summed E-state index contributed by atoms with van der Waals surface area (Å²) in [5.41, 5.74) is 8.57. The Labute approximate surface area is 134 Å². The van der Waals surface area contributed by atoms with Crippen molar-refractivity contribution in [3.8, 4) is 0 Å². The number of halogens is 1. The average Bonchev–Trinajstić information content (AvgIpc) is 2.97. The molecule has 1 atom stereocenters. The van der Waals surface area contributed by atoms with Gasteiger partial charge in [-0.25, -0.2) is 4.98 Å². The molecule has 1 heterocycles. The number of nitrogens with one attached hydrogen (secondary N) is 1. The highest BCUT2D eigenvalue weighted by Crippen LogP contribution is 2.29. The Balaban J connectivity index is 0.00000161. The van der Waals surface area contributed by atoms with Crippen LogP contribution in [0.1, 0.15) is 45.5 Å². The highest BCUT2D eigenvalue weighted by atomic mass is 35.5. The lowest BCUT2D eigenvalue weighted by Crippen LogP contribution is -2.31. The maximum atomic E-state index is 12.2. The monoisotopic (exact) mass is 323 g/mol. The second-order valence-corrected chi connectivity index (χ2v) is 5.89. The number of aryl methyl sites for hydroxylation is 1. The molecule has 2 aromatic rings. The van der Waals surface area contributed by atoms with Gasteiger partial charge in [0.05, 0.1) is 6.04 Å². The van der Waals surface area contributed by atoms with E-state index in [1.165, 1.54) is 22.5 Å². The van der Waals surface area contributed by atoms with Crippen molar-refractivity contribution in [1.82, 2.24) is 10.3 Å². The smallest absolute Gasteiger partial charge is 0.271 e. The minimum atomic E-state index is -0.109. The summed E-state index contributed by atoms with van der Waals surface area (Å²) in [5, 5.41) is 5.65. The predicted molar refractivity (Wildman–Crippen MR) is 86.8 cm³/mol. The number of fused-ring (bicyclic) bond motifs is 1. The first-order valence-corrected chi connectivity index (χ1v) is 7.69. The van der Waals surface area contributed by atoms with Gasteiger partial charge in [0.15, 0.2) is 0 Å². The van der Waals surface area contributed by atoms with Crippen LogP contribution < -0.4 is 11.1 Å². The van der Waals surface area contributed by atoms with Crippen LogP contribution >= 0.6 is 23.7 Å². The van der Waals surface area contributed by atoms with E-state index in [2.05, 4.69) is 28.5 Å². The molecule has 21 heavy (non-hydrogen) atoms. The van der Waals surface area contributed by atoms with Gasteiger partial charge in [0.25, 0.3) is 5.91 Å². The lowest BCUT2D eigenvalue weighted by molar-refractivity contribution is 0.0928. The second-order valence-electron chi connectivity index (χ2n) is 4.95. The molecular formula is C15H18ClN3OS. The van der Waals surface area contributed by atoms with Crippen LogP contribution in [0.25, 0.3) is 0 Å². The molecule has 6 heteroatoms. The molecule has 1 aromatic heterocycles. The first-order valence-electron chi connectivity index (χ1n) is 6.81. The third-order valence-corrected chi connectivity index (χ3v) is 4.50. The van der Waals surface area contributed by atoms with E-state index in [-0.39, 0.29) is 24.4 Å². The van der Waals surface area contributed by atoms with Gasteiger partial charge >= 0.3 is 0 Å². The molecular weight excluding hydrogens is 306 g/mol. The molecule has 0 bridgehead atoms. The number of hydrogen-bond acceptors (Lipinski definition) is 4. The summed E-state index contributed by atoms with van der Waals surface area (Å²) in [6.45, 7) is 0.379. The van der Waals surface area contributed by atoms with E-state index in [1.54, 1.807) is 5.38 Å². The standard InChI is InChI=1S/C15H17N3OS.ClH/c16-8-14-17-13(9-20-14)15(19)18-12-7-3-5-10-4-1-2-6-11(10)12;/h1-2,4,6,9,12H,3,5,7-8,16H2,(H,18,19);1H. The fourth-order valence-electron chi connectivity index (χ4n) is 2.64. The number of benzene rings is 1. The Morgan fingerprint density at radius 1 is 1.43 bits per heavy atom. The lowest BCUT2D eigenvalue weighted by Gasteiger charge is -2.26. The van der Waals surface area contributed by atoms with Gasteiger partial charge in [-0.2, -0.15) is 0 Å². The molecule has 3 N–H and O–H groups in total. The van der Waals surface area contributed by atoms with E-state index in [4.69, 9.17) is 5.73 Å². The SMILES string of the molecule is Cl.NCc1nc(C(=O)NC2CCCc3ccccc32)cs1. The van der Waals surface area contributed by atoms with E-state index in [0.717, 1.165) is 24.3 Å². The van der Waals surface area contributed by atoms with Crippen molar-refractivity contribution < 1.29 is 4.79 Å². The van der Waals surface area contributed by atoms with E-state index >= 15 is 0 Å². The Bertz CT molecular complexity index is 629. The lowest BCUT2D eigenvalue weighted by atomic mass is 9.88. The zero-order valence-electron chi connectivity index (χ0n) is 11.5. The van der Waals surface area contributed by atoms with Crippen LogP contribution in [0.4, 0.5) is 0 Å². The molecule has 0 radical (unpaired) electrons. The number of carbonyl (C=O) groups is 1. The van der Waals surface area contributed by atoms with Crippen LogP contribution in [0.15, 0.2) is 29.6 Å². The number of nitrogens with two attached hydrogens (primary N) is 1. The summed E-state index contributed by atoms with van der Waals surface area (Å²) in [6.07, 6.45) is 3.18. The van der Waals surface area contributed by atoms with Crippen LogP contribution in [-0.2, 0) is 13.0 Å². The van der Waals surface area contributed by atoms with Crippen molar-refractivity contribution in [3.05, 3.63) is 51.5 Å². The van der Waals surface area contributed by atoms with Gasteiger partial charge in [-0.1, -0.05) is 24.3 Å². The number of nitrogens with zero attached hydrogens (tertiary/aromatic N) is 1. The van der Waals surface area contributed by atoms with Gasteiger partial charge in [0, 0.05) is 11.9 Å². The van der Waals surface area contributed by atoms with E-state index < -0.39 is 0 Å². The van der Waals surface area contributed by atoms with Gasteiger partial charge in [-0.15, -0.1) is 23.7 Å². The number of aromatic nitrogens is 1. The summed E-state index contributed by atoms with van der Waals surface area (Å²) >= 11 is 1.43. The highest BCUT2D eigenvalue weighted by molar-refractivity contribution is 7.09.